The first-order valence-corrected chi connectivity index (χ1v) is 11.3. The van der Waals surface area contributed by atoms with E-state index in [0.717, 1.165) is 27.7 Å². The maximum atomic E-state index is 13.5. The highest BCUT2D eigenvalue weighted by atomic mass is 127. The zero-order valence-corrected chi connectivity index (χ0v) is 18.8. The Morgan fingerprint density at radius 3 is 3.00 bits per heavy atom. The van der Waals surface area contributed by atoms with Gasteiger partial charge in [-0.15, -0.1) is 6.58 Å². The van der Waals surface area contributed by atoms with Crippen molar-refractivity contribution in [1.82, 2.24) is 4.90 Å². The molecular formula is C22H27IN2O4. The van der Waals surface area contributed by atoms with Crippen molar-refractivity contribution in [3.05, 3.63) is 40.0 Å². The Balaban J connectivity index is 1.60. The lowest BCUT2D eigenvalue weighted by atomic mass is 9.83. The van der Waals surface area contributed by atoms with Crippen molar-refractivity contribution in [3.8, 4) is 0 Å². The number of rotatable bonds is 5. The van der Waals surface area contributed by atoms with Crippen LogP contribution in [0.1, 0.15) is 38.2 Å². The maximum absolute atomic E-state index is 13.5. The third-order valence-electron chi connectivity index (χ3n) is 6.50. The number of likely N-dealkylation sites (tertiary alicyclic amines) is 1. The molecule has 0 saturated carbocycles. The number of halogens is 1. The van der Waals surface area contributed by atoms with Crippen molar-refractivity contribution in [3.63, 3.8) is 0 Å². The number of carbonyl (C=O) groups excluding carboxylic acids is 2. The molecule has 1 spiro atoms. The molecule has 29 heavy (non-hydrogen) atoms. The predicted octanol–water partition coefficient (Wildman–Crippen LogP) is 2.82. The van der Waals surface area contributed by atoms with Crippen LogP contribution in [0.3, 0.4) is 0 Å². The van der Waals surface area contributed by atoms with E-state index in [4.69, 9.17) is 4.74 Å². The van der Waals surface area contributed by atoms with Gasteiger partial charge in [0, 0.05) is 28.1 Å². The number of benzene rings is 1. The molecule has 4 rings (SSSR count). The number of ether oxygens (including phenoxy) is 1. The van der Waals surface area contributed by atoms with Crippen molar-refractivity contribution in [2.24, 2.45) is 5.92 Å². The van der Waals surface area contributed by atoms with Crippen LogP contribution in [0.2, 0.25) is 0 Å². The Kier molecular flexibility index (Phi) is 5.74. The van der Waals surface area contributed by atoms with E-state index in [1.165, 1.54) is 0 Å². The lowest BCUT2D eigenvalue weighted by molar-refractivity contribution is -0.149. The number of anilines is 1. The minimum atomic E-state index is -1.04. The van der Waals surface area contributed by atoms with Crippen molar-refractivity contribution >= 4 is 40.1 Å². The highest BCUT2D eigenvalue weighted by Crippen LogP contribution is 2.53. The molecule has 156 valence electrons. The number of amides is 2. The molecule has 3 aliphatic heterocycles. The van der Waals surface area contributed by atoms with Gasteiger partial charge in [0.15, 0.2) is 5.60 Å². The minimum Gasteiger partial charge on any atom is -0.394 e. The summed E-state index contributed by atoms with van der Waals surface area (Å²) >= 11 is 2.25. The largest absolute Gasteiger partial charge is 0.394 e. The Morgan fingerprint density at radius 2 is 2.28 bits per heavy atom. The summed E-state index contributed by atoms with van der Waals surface area (Å²) in [5, 5.41) is 9.52. The second-order valence-corrected chi connectivity index (χ2v) is 9.49. The summed E-state index contributed by atoms with van der Waals surface area (Å²) in [7, 11) is 0. The molecule has 0 bridgehead atoms. The smallest absolute Gasteiger partial charge is 0.264 e. The second-order valence-electron chi connectivity index (χ2n) is 8.25. The van der Waals surface area contributed by atoms with Crippen LogP contribution in [0.4, 0.5) is 5.69 Å². The molecule has 7 heteroatoms. The van der Waals surface area contributed by atoms with Gasteiger partial charge in [-0.1, -0.05) is 13.0 Å². The normalized spacial score (nSPS) is 31.0. The average Bonchev–Trinajstić information content (AvgIpc) is 3.35. The molecule has 2 amide bonds. The summed E-state index contributed by atoms with van der Waals surface area (Å²) in [4.78, 5) is 29.9. The summed E-state index contributed by atoms with van der Waals surface area (Å²) in [6.07, 6.45) is 4.08. The van der Waals surface area contributed by atoms with Crippen LogP contribution in [0.15, 0.2) is 30.9 Å². The molecule has 0 unspecified atom stereocenters. The number of fused-ring (bicyclic) bond motifs is 2. The molecule has 2 fully saturated rings. The van der Waals surface area contributed by atoms with Gasteiger partial charge in [-0.05, 0) is 60.1 Å². The SMILES string of the molecule is C=CCN1C(=O)[C@@]2(O[C@@H](CC(=O)N3CCC[C@H]3CO)C[C@H]2C)c2cc(I)ccc21. The molecule has 2 saturated heterocycles. The summed E-state index contributed by atoms with van der Waals surface area (Å²) < 4.78 is 7.50. The van der Waals surface area contributed by atoms with Gasteiger partial charge in [-0.25, -0.2) is 0 Å². The minimum absolute atomic E-state index is 0.00157. The topological polar surface area (TPSA) is 70.1 Å². The van der Waals surface area contributed by atoms with Gasteiger partial charge < -0.3 is 19.6 Å². The highest BCUT2D eigenvalue weighted by molar-refractivity contribution is 14.1. The van der Waals surface area contributed by atoms with Crippen LogP contribution in [-0.4, -0.2) is 53.7 Å². The molecule has 3 aliphatic rings. The van der Waals surface area contributed by atoms with Gasteiger partial charge in [0.05, 0.1) is 30.9 Å². The predicted molar refractivity (Wildman–Crippen MR) is 118 cm³/mol. The van der Waals surface area contributed by atoms with E-state index in [9.17, 15) is 14.7 Å². The first-order chi connectivity index (χ1) is 13.9. The van der Waals surface area contributed by atoms with E-state index in [0.29, 0.717) is 19.5 Å². The van der Waals surface area contributed by atoms with E-state index < -0.39 is 5.60 Å². The van der Waals surface area contributed by atoms with Crippen LogP contribution < -0.4 is 4.90 Å². The van der Waals surface area contributed by atoms with E-state index in [2.05, 4.69) is 29.2 Å². The van der Waals surface area contributed by atoms with Gasteiger partial charge in [0.25, 0.3) is 5.91 Å². The standard InChI is InChI=1S/C22H27IN2O4/c1-3-8-25-19-7-6-15(23)11-18(19)22(21(25)28)14(2)10-17(29-22)12-20(27)24-9-4-5-16(24)13-26/h3,6-7,11,14,16-17,26H,1,4-5,8-10,12-13H2,2H3/t14-,16+,17-,22+/m1/s1. The molecule has 0 aromatic heterocycles. The molecular weight excluding hydrogens is 483 g/mol. The average molecular weight is 510 g/mol. The van der Waals surface area contributed by atoms with Crippen LogP contribution in [0, 0.1) is 9.49 Å². The lowest BCUT2D eigenvalue weighted by Crippen LogP contribution is -2.44. The zero-order valence-electron chi connectivity index (χ0n) is 16.6. The summed E-state index contributed by atoms with van der Waals surface area (Å²) in [5.41, 5.74) is 0.730. The molecule has 0 radical (unpaired) electrons. The molecule has 3 heterocycles. The van der Waals surface area contributed by atoms with Gasteiger partial charge in [0.2, 0.25) is 5.91 Å². The van der Waals surface area contributed by atoms with E-state index in [-0.39, 0.29) is 42.9 Å². The quantitative estimate of drug-likeness (QED) is 0.489. The zero-order chi connectivity index (χ0) is 20.8. The number of nitrogens with zero attached hydrogens (tertiary/aromatic N) is 2. The Hall–Kier alpha value is -1.45. The number of hydrogen-bond acceptors (Lipinski definition) is 4. The van der Waals surface area contributed by atoms with Crippen LogP contribution in [0.5, 0.6) is 0 Å². The van der Waals surface area contributed by atoms with Gasteiger partial charge >= 0.3 is 0 Å². The Labute approximate surface area is 185 Å². The molecule has 0 aliphatic carbocycles. The molecule has 1 aromatic rings. The van der Waals surface area contributed by atoms with Crippen molar-refractivity contribution in [2.45, 2.75) is 50.4 Å². The van der Waals surface area contributed by atoms with Crippen molar-refractivity contribution in [1.29, 1.82) is 0 Å². The molecule has 4 atom stereocenters. The summed E-state index contributed by atoms with van der Waals surface area (Å²) in [6, 6.07) is 5.90. The highest BCUT2D eigenvalue weighted by Gasteiger charge is 2.60. The molecule has 1 N–H and O–H groups in total. The Morgan fingerprint density at radius 1 is 1.48 bits per heavy atom. The summed E-state index contributed by atoms with van der Waals surface area (Å²) in [6.45, 7) is 6.94. The maximum Gasteiger partial charge on any atom is 0.264 e. The first-order valence-electron chi connectivity index (χ1n) is 10.2. The number of aliphatic hydroxyl groups excluding tert-OH is 1. The van der Waals surface area contributed by atoms with Gasteiger partial charge in [-0.3, -0.25) is 9.59 Å². The molecule has 1 aromatic carbocycles. The fraction of sp³-hybridized carbons (Fsp3) is 0.545. The van der Waals surface area contributed by atoms with Gasteiger partial charge in [-0.2, -0.15) is 0 Å². The fourth-order valence-corrected chi connectivity index (χ4v) is 5.64. The lowest BCUT2D eigenvalue weighted by Gasteiger charge is -2.28. The van der Waals surface area contributed by atoms with Gasteiger partial charge in [0.1, 0.15) is 0 Å². The molecule has 6 nitrogen and oxygen atoms in total. The van der Waals surface area contributed by atoms with Crippen LogP contribution >= 0.6 is 22.6 Å². The number of carbonyl (C=O) groups is 2. The summed E-state index contributed by atoms with van der Waals surface area (Å²) in [5.74, 6) is -0.0925. The third-order valence-corrected chi connectivity index (χ3v) is 7.17. The second kappa shape index (κ2) is 8.00. The van der Waals surface area contributed by atoms with E-state index in [1.807, 2.05) is 25.1 Å². The van der Waals surface area contributed by atoms with Crippen molar-refractivity contribution < 1.29 is 19.4 Å². The van der Waals surface area contributed by atoms with E-state index in [1.54, 1.807) is 15.9 Å². The number of aliphatic hydroxyl groups is 1. The Bertz CT molecular complexity index is 844. The van der Waals surface area contributed by atoms with Crippen LogP contribution in [-0.2, 0) is 19.9 Å². The van der Waals surface area contributed by atoms with E-state index >= 15 is 0 Å². The first kappa shape index (κ1) is 20.8. The monoisotopic (exact) mass is 510 g/mol. The fourth-order valence-electron chi connectivity index (χ4n) is 5.15. The van der Waals surface area contributed by atoms with Crippen LogP contribution in [0.25, 0.3) is 0 Å². The van der Waals surface area contributed by atoms with Crippen molar-refractivity contribution in [2.75, 3.05) is 24.6 Å². The number of hydrogen-bond donors (Lipinski definition) is 1. The third kappa shape index (κ3) is 3.31.